The van der Waals surface area contributed by atoms with Crippen molar-refractivity contribution in [1.29, 1.82) is 0 Å². The molecule has 1 aliphatic rings. The zero-order valence-corrected chi connectivity index (χ0v) is 19.5. The highest BCUT2D eigenvalue weighted by molar-refractivity contribution is 7.85. The van der Waals surface area contributed by atoms with Gasteiger partial charge in [0.25, 0.3) is 0 Å². The molecule has 3 nitrogen and oxygen atoms in total. The Morgan fingerprint density at radius 3 is 1.75 bits per heavy atom. The summed E-state index contributed by atoms with van der Waals surface area (Å²) in [6.45, 7) is 3.74. The number of esters is 1. The predicted molar refractivity (Wildman–Crippen MR) is 121 cm³/mol. The quantitative estimate of drug-likeness (QED) is 0.188. The minimum absolute atomic E-state index is 0.0691. The molecule has 0 aromatic rings. The molecule has 4 heteroatoms. The molecule has 1 aliphatic carbocycles. The van der Waals surface area contributed by atoms with Gasteiger partial charge in [0.05, 0.1) is 5.25 Å². The number of carbonyl (C=O) groups excluding carboxylic acids is 1. The Hall–Kier alpha value is -0.380. The zero-order chi connectivity index (χ0) is 20.5. The van der Waals surface area contributed by atoms with Crippen molar-refractivity contribution in [1.82, 2.24) is 0 Å². The molecular weight excluding hydrogens is 368 g/mol. The second-order valence-corrected chi connectivity index (χ2v) is 10.4. The third kappa shape index (κ3) is 13.0. The first-order valence-corrected chi connectivity index (χ1v) is 13.6. The van der Waals surface area contributed by atoms with Crippen LogP contribution in [0.4, 0.5) is 0 Å². The average molecular weight is 415 g/mol. The summed E-state index contributed by atoms with van der Waals surface area (Å²) in [6, 6.07) is 0. The molecule has 0 bridgehead atoms. The van der Waals surface area contributed by atoms with Crippen LogP contribution in [0.2, 0.25) is 0 Å². The Morgan fingerprint density at radius 1 is 0.786 bits per heavy atom. The van der Waals surface area contributed by atoms with Crippen LogP contribution in [0, 0.1) is 0 Å². The van der Waals surface area contributed by atoms with E-state index in [1.165, 1.54) is 90.4 Å². The van der Waals surface area contributed by atoms with Crippen molar-refractivity contribution in [2.45, 2.75) is 141 Å². The Kier molecular flexibility index (Phi) is 16.0. The summed E-state index contributed by atoms with van der Waals surface area (Å²) in [5, 5.41) is 0.0691. The van der Waals surface area contributed by atoms with Gasteiger partial charge in [-0.1, -0.05) is 96.8 Å². The van der Waals surface area contributed by atoms with Gasteiger partial charge in [-0.05, 0) is 25.7 Å². The van der Waals surface area contributed by atoms with Crippen molar-refractivity contribution in [3.05, 3.63) is 0 Å². The Labute approximate surface area is 177 Å². The smallest absolute Gasteiger partial charge is 0.302 e. The molecule has 0 aliphatic heterocycles. The first kappa shape index (κ1) is 25.7. The monoisotopic (exact) mass is 414 g/mol. The van der Waals surface area contributed by atoms with Crippen molar-refractivity contribution in [3.8, 4) is 0 Å². The van der Waals surface area contributed by atoms with Crippen LogP contribution in [0.25, 0.3) is 0 Å². The van der Waals surface area contributed by atoms with Crippen LogP contribution >= 0.6 is 0 Å². The van der Waals surface area contributed by atoms with Crippen LogP contribution in [-0.4, -0.2) is 27.3 Å². The zero-order valence-electron chi connectivity index (χ0n) is 18.7. The standard InChI is InChI=1S/C24H46O3S/c1-3-4-5-6-7-8-9-10-11-12-13-14-15-18-21-28(26)24-20-17-16-19-23(24)27-22(2)25/h23-24H,3-21H2,1-2H3/t23-,24-,28?/m0/s1. The fraction of sp³-hybridized carbons (Fsp3) is 0.958. The van der Waals surface area contributed by atoms with Crippen molar-refractivity contribution in [2.24, 2.45) is 0 Å². The van der Waals surface area contributed by atoms with Crippen LogP contribution in [0.15, 0.2) is 0 Å². The maximum Gasteiger partial charge on any atom is 0.302 e. The second-order valence-electron chi connectivity index (χ2n) is 8.65. The Morgan fingerprint density at radius 2 is 1.25 bits per heavy atom. The molecule has 0 amide bonds. The van der Waals surface area contributed by atoms with Crippen molar-refractivity contribution >= 4 is 16.8 Å². The summed E-state index contributed by atoms with van der Waals surface area (Å²) in [4.78, 5) is 11.3. The van der Waals surface area contributed by atoms with E-state index < -0.39 is 10.8 Å². The van der Waals surface area contributed by atoms with Gasteiger partial charge < -0.3 is 4.74 Å². The summed E-state index contributed by atoms with van der Waals surface area (Å²) in [5.74, 6) is 0.547. The molecule has 1 rings (SSSR count). The molecule has 0 aromatic carbocycles. The first-order chi connectivity index (χ1) is 13.6. The minimum atomic E-state index is -0.846. The summed E-state index contributed by atoms with van der Waals surface area (Å²) < 4.78 is 18.0. The molecule has 1 fully saturated rings. The summed E-state index contributed by atoms with van der Waals surface area (Å²) in [7, 11) is -0.846. The van der Waals surface area contributed by atoms with Crippen molar-refractivity contribution in [2.75, 3.05) is 5.75 Å². The normalized spacial score (nSPS) is 20.8. The number of ether oxygens (including phenoxy) is 1. The lowest BCUT2D eigenvalue weighted by atomic mass is 9.97. The molecule has 0 spiro atoms. The number of hydrogen-bond acceptors (Lipinski definition) is 3. The lowest BCUT2D eigenvalue weighted by Crippen LogP contribution is -2.37. The number of carbonyl (C=O) groups is 1. The molecule has 28 heavy (non-hydrogen) atoms. The van der Waals surface area contributed by atoms with Gasteiger partial charge >= 0.3 is 5.97 Å². The van der Waals surface area contributed by atoms with Gasteiger partial charge in [0.15, 0.2) is 0 Å². The number of unbranched alkanes of at least 4 members (excludes halogenated alkanes) is 13. The maximum atomic E-state index is 12.6. The molecule has 0 heterocycles. The third-order valence-corrected chi connectivity index (χ3v) is 7.90. The van der Waals surface area contributed by atoms with Gasteiger partial charge in [0.1, 0.15) is 6.10 Å². The highest BCUT2D eigenvalue weighted by atomic mass is 32.2. The molecule has 166 valence electrons. The predicted octanol–water partition coefficient (Wildman–Crippen LogP) is 7.09. The number of hydrogen-bond donors (Lipinski definition) is 0. The van der Waals surface area contributed by atoms with Gasteiger partial charge in [0.2, 0.25) is 0 Å². The van der Waals surface area contributed by atoms with Crippen LogP contribution in [0.3, 0.4) is 0 Å². The van der Waals surface area contributed by atoms with E-state index in [0.717, 1.165) is 37.9 Å². The highest BCUT2D eigenvalue weighted by Crippen LogP contribution is 2.26. The van der Waals surface area contributed by atoms with Gasteiger partial charge in [-0.25, -0.2) is 0 Å². The fourth-order valence-electron chi connectivity index (χ4n) is 4.30. The minimum Gasteiger partial charge on any atom is -0.461 e. The van der Waals surface area contributed by atoms with E-state index in [9.17, 15) is 9.00 Å². The van der Waals surface area contributed by atoms with E-state index in [2.05, 4.69) is 6.92 Å². The molecule has 0 N–H and O–H groups in total. The van der Waals surface area contributed by atoms with E-state index >= 15 is 0 Å². The first-order valence-electron chi connectivity index (χ1n) is 12.2. The summed E-state index contributed by atoms with van der Waals surface area (Å²) in [6.07, 6.45) is 22.7. The van der Waals surface area contributed by atoms with Crippen LogP contribution in [0.5, 0.6) is 0 Å². The van der Waals surface area contributed by atoms with Gasteiger partial charge in [-0.15, -0.1) is 0 Å². The molecule has 0 radical (unpaired) electrons. The summed E-state index contributed by atoms with van der Waals surface area (Å²) >= 11 is 0. The molecule has 1 unspecified atom stereocenters. The Bertz CT molecular complexity index is 411. The molecule has 3 atom stereocenters. The largest absolute Gasteiger partial charge is 0.461 e. The highest BCUT2D eigenvalue weighted by Gasteiger charge is 2.31. The van der Waals surface area contributed by atoms with E-state index in [1.54, 1.807) is 0 Å². The van der Waals surface area contributed by atoms with Crippen molar-refractivity contribution < 1.29 is 13.7 Å². The van der Waals surface area contributed by atoms with E-state index in [-0.39, 0.29) is 17.3 Å². The van der Waals surface area contributed by atoms with Crippen LogP contribution in [0.1, 0.15) is 129 Å². The van der Waals surface area contributed by atoms with Gasteiger partial charge in [-0.3, -0.25) is 9.00 Å². The molecular formula is C24H46O3S. The maximum absolute atomic E-state index is 12.6. The third-order valence-electron chi connectivity index (χ3n) is 6.00. The van der Waals surface area contributed by atoms with E-state index in [4.69, 9.17) is 4.74 Å². The second kappa shape index (κ2) is 17.5. The average Bonchev–Trinajstić information content (AvgIpc) is 2.68. The van der Waals surface area contributed by atoms with Crippen LogP contribution < -0.4 is 0 Å². The van der Waals surface area contributed by atoms with Crippen LogP contribution in [-0.2, 0) is 20.3 Å². The van der Waals surface area contributed by atoms with E-state index in [0.29, 0.717) is 0 Å². The van der Waals surface area contributed by atoms with Gasteiger partial charge in [-0.2, -0.15) is 0 Å². The fourth-order valence-corrected chi connectivity index (χ4v) is 6.05. The Balaban J connectivity index is 1.93. The topological polar surface area (TPSA) is 43.4 Å². The van der Waals surface area contributed by atoms with Gasteiger partial charge in [0, 0.05) is 23.5 Å². The molecule has 0 aromatic heterocycles. The summed E-state index contributed by atoms with van der Waals surface area (Å²) in [5.41, 5.74) is 0. The molecule has 1 saturated carbocycles. The molecule has 0 saturated heterocycles. The SMILES string of the molecule is CCCCCCCCCCCCCCCCS(=O)[C@H]1CCCC[C@@H]1OC(C)=O. The lowest BCUT2D eigenvalue weighted by molar-refractivity contribution is -0.147. The van der Waals surface area contributed by atoms with Crippen molar-refractivity contribution in [3.63, 3.8) is 0 Å². The van der Waals surface area contributed by atoms with E-state index in [1.807, 2.05) is 0 Å². The lowest BCUT2D eigenvalue weighted by Gasteiger charge is -2.30. The number of rotatable bonds is 17.